The largest absolute Gasteiger partial charge is 0.416 e. The average molecular weight is 274 g/mol. The molecule has 0 aliphatic carbocycles. The first kappa shape index (κ1) is 14.0. The molecular weight excluding hydrogens is 261 g/mol. The van der Waals surface area contributed by atoms with E-state index in [1.54, 1.807) is 0 Å². The van der Waals surface area contributed by atoms with Crippen molar-refractivity contribution in [2.45, 2.75) is 25.8 Å². The number of ketones is 1. The number of hydrogen-bond acceptors (Lipinski definition) is 3. The van der Waals surface area contributed by atoms with Crippen LogP contribution in [0.15, 0.2) is 18.2 Å². The van der Waals surface area contributed by atoms with Crippen LogP contribution >= 0.6 is 0 Å². The Hall–Kier alpha value is -1.40. The van der Waals surface area contributed by atoms with Crippen LogP contribution in [-0.2, 0) is 15.7 Å². The Labute approximate surface area is 108 Å². The molecule has 1 aliphatic rings. The first-order valence-electron chi connectivity index (χ1n) is 5.82. The van der Waals surface area contributed by atoms with Gasteiger partial charge in [0.2, 0.25) is 0 Å². The van der Waals surface area contributed by atoms with Gasteiger partial charge in [-0.05, 0) is 24.6 Å². The van der Waals surface area contributed by atoms with Gasteiger partial charge in [-0.3, -0.25) is 4.79 Å². The van der Waals surface area contributed by atoms with E-state index in [0.29, 0.717) is 18.8 Å². The summed E-state index contributed by atoms with van der Waals surface area (Å²) in [5.41, 5.74) is -0.181. The zero-order chi connectivity index (χ0) is 14.0. The number of alkyl halides is 3. The van der Waals surface area contributed by atoms with Gasteiger partial charge in [-0.2, -0.15) is 13.2 Å². The molecule has 0 N–H and O–H groups in total. The van der Waals surface area contributed by atoms with Crippen molar-refractivity contribution in [3.63, 3.8) is 0 Å². The van der Waals surface area contributed by atoms with Crippen molar-refractivity contribution in [1.82, 2.24) is 0 Å². The Morgan fingerprint density at radius 1 is 1.32 bits per heavy atom. The number of carbonyl (C=O) groups excluding carboxylic acids is 1. The third kappa shape index (κ3) is 3.33. The second-order valence-corrected chi connectivity index (χ2v) is 4.33. The van der Waals surface area contributed by atoms with Gasteiger partial charge >= 0.3 is 6.18 Å². The van der Waals surface area contributed by atoms with Gasteiger partial charge < -0.3 is 9.47 Å². The van der Waals surface area contributed by atoms with Crippen LogP contribution in [0.25, 0.3) is 0 Å². The number of halogens is 3. The van der Waals surface area contributed by atoms with Crippen LogP contribution in [0.1, 0.15) is 27.9 Å². The lowest BCUT2D eigenvalue weighted by Gasteiger charge is -2.12. The van der Waals surface area contributed by atoms with E-state index < -0.39 is 18.0 Å². The van der Waals surface area contributed by atoms with Crippen molar-refractivity contribution in [2.75, 3.05) is 13.2 Å². The van der Waals surface area contributed by atoms with Crippen LogP contribution in [0.2, 0.25) is 0 Å². The maximum absolute atomic E-state index is 12.5. The highest BCUT2D eigenvalue weighted by Gasteiger charge is 2.31. The fourth-order valence-electron chi connectivity index (χ4n) is 1.94. The summed E-state index contributed by atoms with van der Waals surface area (Å²) >= 11 is 0. The van der Waals surface area contributed by atoms with Gasteiger partial charge in [0.25, 0.3) is 0 Å². The predicted octanol–water partition coefficient (Wildman–Crippen LogP) is 2.96. The Bertz CT molecular complexity index is 477. The quantitative estimate of drug-likeness (QED) is 0.795. The predicted molar refractivity (Wildman–Crippen MR) is 60.8 cm³/mol. The van der Waals surface area contributed by atoms with Crippen molar-refractivity contribution in [1.29, 1.82) is 0 Å². The zero-order valence-electron chi connectivity index (χ0n) is 10.3. The fraction of sp³-hybridized carbons (Fsp3) is 0.462. The second-order valence-electron chi connectivity index (χ2n) is 4.33. The van der Waals surface area contributed by atoms with Gasteiger partial charge in [-0.15, -0.1) is 0 Å². The van der Waals surface area contributed by atoms with Crippen molar-refractivity contribution in [3.8, 4) is 0 Å². The lowest BCUT2D eigenvalue weighted by molar-refractivity contribution is -0.137. The van der Waals surface area contributed by atoms with Gasteiger partial charge in [-0.1, -0.05) is 6.07 Å². The smallest absolute Gasteiger partial charge is 0.350 e. The number of Topliss-reactive ketones (excluding diaryl/α,β-unsaturated/α-hetero) is 1. The first-order chi connectivity index (χ1) is 8.88. The van der Waals surface area contributed by atoms with E-state index in [1.807, 2.05) is 0 Å². The van der Waals surface area contributed by atoms with Crippen molar-refractivity contribution >= 4 is 5.78 Å². The van der Waals surface area contributed by atoms with Gasteiger partial charge in [0, 0.05) is 5.56 Å². The van der Waals surface area contributed by atoms with Crippen LogP contribution in [0.3, 0.4) is 0 Å². The molecule has 1 aliphatic heterocycles. The highest BCUT2D eigenvalue weighted by molar-refractivity contribution is 5.97. The van der Waals surface area contributed by atoms with Crippen LogP contribution in [0.4, 0.5) is 13.2 Å². The van der Waals surface area contributed by atoms with Crippen molar-refractivity contribution < 1.29 is 27.4 Å². The van der Waals surface area contributed by atoms with Crippen molar-refractivity contribution in [2.24, 2.45) is 0 Å². The van der Waals surface area contributed by atoms with Gasteiger partial charge in [-0.25, -0.2) is 0 Å². The highest BCUT2D eigenvalue weighted by atomic mass is 19.4. The second kappa shape index (κ2) is 5.30. The lowest BCUT2D eigenvalue weighted by atomic mass is 10.00. The van der Waals surface area contributed by atoms with Crippen LogP contribution in [0.5, 0.6) is 0 Å². The highest BCUT2D eigenvalue weighted by Crippen LogP contribution is 2.30. The molecule has 1 fully saturated rings. The summed E-state index contributed by atoms with van der Waals surface area (Å²) in [4.78, 5) is 11.9. The Morgan fingerprint density at radius 2 is 1.95 bits per heavy atom. The van der Waals surface area contributed by atoms with E-state index in [9.17, 15) is 18.0 Å². The maximum Gasteiger partial charge on any atom is 0.416 e. The van der Waals surface area contributed by atoms with E-state index in [2.05, 4.69) is 0 Å². The standard InChI is InChI=1S/C13H13F3O3/c1-8-6-9(13(14,15)16)2-3-10(8)11(17)7-12-18-4-5-19-12/h2-3,6,12H,4-5,7H2,1H3. The molecule has 0 aromatic heterocycles. The SMILES string of the molecule is Cc1cc(C(F)(F)F)ccc1C(=O)CC1OCCO1. The number of ether oxygens (including phenoxy) is 2. The monoisotopic (exact) mass is 274 g/mol. The number of aryl methyl sites for hydroxylation is 1. The molecule has 1 aromatic rings. The number of hydrogen-bond donors (Lipinski definition) is 0. The summed E-state index contributed by atoms with van der Waals surface area (Å²) in [6, 6.07) is 3.09. The lowest BCUT2D eigenvalue weighted by Crippen LogP contribution is -2.16. The molecule has 0 unspecified atom stereocenters. The molecule has 0 amide bonds. The number of benzene rings is 1. The molecular formula is C13H13F3O3. The molecule has 1 saturated heterocycles. The topological polar surface area (TPSA) is 35.5 Å². The summed E-state index contributed by atoms with van der Waals surface area (Å²) < 4.78 is 47.8. The first-order valence-corrected chi connectivity index (χ1v) is 5.82. The maximum atomic E-state index is 12.5. The molecule has 0 bridgehead atoms. The molecule has 6 heteroatoms. The number of carbonyl (C=O) groups is 1. The van der Waals surface area contributed by atoms with Crippen LogP contribution < -0.4 is 0 Å². The Balaban J connectivity index is 2.14. The Morgan fingerprint density at radius 3 is 2.47 bits per heavy atom. The minimum Gasteiger partial charge on any atom is -0.350 e. The van der Waals surface area contributed by atoms with Gasteiger partial charge in [0.15, 0.2) is 12.1 Å². The summed E-state index contributed by atoms with van der Waals surface area (Å²) in [6.45, 7) is 2.35. The van der Waals surface area contributed by atoms with E-state index in [-0.39, 0.29) is 17.8 Å². The van der Waals surface area contributed by atoms with Crippen molar-refractivity contribution in [3.05, 3.63) is 34.9 Å². The molecule has 0 saturated carbocycles. The van der Waals surface area contributed by atoms with Crippen LogP contribution in [0, 0.1) is 6.92 Å². The molecule has 104 valence electrons. The van der Waals surface area contributed by atoms with Gasteiger partial charge in [0.1, 0.15) is 0 Å². The molecule has 0 atom stereocenters. The van der Waals surface area contributed by atoms with E-state index in [0.717, 1.165) is 12.1 Å². The Kier molecular flexibility index (Phi) is 3.91. The molecule has 3 nitrogen and oxygen atoms in total. The third-order valence-corrected chi connectivity index (χ3v) is 2.90. The third-order valence-electron chi connectivity index (χ3n) is 2.90. The zero-order valence-corrected chi connectivity index (χ0v) is 10.3. The summed E-state index contributed by atoms with van der Waals surface area (Å²) in [5, 5.41) is 0. The fourth-order valence-corrected chi connectivity index (χ4v) is 1.94. The molecule has 0 radical (unpaired) electrons. The normalized spacial score (nSPS) is 16.8. The summed E-state index contributed by atoms with van der Waals surface area (Å²) in [6.07, 6.45) is -4.97. The molecule has 19 heavy (non-hydrogen) atoms. The molecule has 1 aromatic carbocycles. The van der Waals surface area contributed by atoms with E-state index in [4.69, 9.17) is 9.47 Å². The van der Waals surface area contributed by atoms with Crippen LogP contribution in [-0.4, -0.2) is 25.3 Å². The summed E-state index contributed by atoms with van der Waals surface area (Å²) in [7, 11) is 0. The van der Waals surface area contributed by atoms with E-state index >= 15 is 0 Å². The molecule has 1 heterocycles. The summed E-state index contributed by atoms with van der Waals surface area (Å²) in [5.74, 6) is -0.280. The minimum atomic E-state index is -4.40. The number of rotatable bonds is 3. The molecule has 2 rings (SSSR count). The minimum absolute atomic E-state index is 0.0200. The molecule has 0 spiro atoms. The van der Waals surface area contributed by atoms with Gasteiger partial charge in [0.05, 0.1) is 25.2 Å². The average Bonchev–Trinajstić information content (AvgIpc) is 2.80. The van der Waals surface area contributed by atoms with E-state index in [1.165, 1.54) is 13.0 Å².